The van der Waals surface area contributed by atoms with Crippen molar-refractivity contribution in [2.45, 2.75) is 47.5 Å². The Morgan fingerprint density at radius 3 is 2.18 bits per heavy atom. The zero-order chi connectivity index (χ0) is 23.5. The van der Waals surface area contributed by atoms with Crippen molar-refractivity contribution < 1.29 is 0 Å². The minimum atomic E-state index is 0.805. The molecule has 4 rings (SSSR count). The van der Waals surface area contributed by atoms with Crippen LogP contribution in [0.4, 0.5) is 11.5 Å². The highest BCUT2D eigenvalue weighted by Gasteiger charge is 2.21. The highest BCUT2D eigenvalue weighted by Crippen LogP contribution is 2.42. The molecule has 0 radical (unpaired) electrons. The molecule has 2 N–H and O–H groups in total. The van der Waals surface area contributed by atoms with Crippen LogP contribution in [0.1, 0.15) is 43.4 Å². The number of allylic oxidation sites excluding steroid dienone is 1. The highest BCUT2D eigenvalue weighted by atomic mass is 35.5. The molecule has 0 saturated heterocycles. The standard InChI is InChI=1S/C29H34ClN3/c1-18(2)14-15-31-25-11-8-23(9-12-25)27-19(3)20(4)28(29(30)21(27)5)24-10-13-26(33-17-24)32-16-22-6-7-22/h8-14,17,22,31H,6-7,15-16H2,1-5H3,(H,32,33). The molecule has 1 aliphatic rings. The van der Waals surface area contributed by atoms with Crippen LogP contribution >= 0.6 is 11.6 Å². The second-order valence-corrected chi connectivity index (χ2v) is 9.81. The summed E-state index contributed by atoms with van der Waals surface area (Å²) in [5, 5.41) is 7.69. The third-order valence-electron chi connectivity index (χ3n) is 6.55. The monoisotopic (exact) mass is 459 g/mol. The molecule has 172 valence electrons. The number of nitrogens with one attached hydrogen (secondary N) is 2. The lowest BCUT2D eigenvalue weighted by atomic mass is 9.87. The van der Waals surface area contributed by atoms with E-state index in [0.717, 1.165) is 52.2 Å². The first kappa shape index (κ1) is 23.4. The van der Waals surface area contributed by atoms with Crippen molar-refractivity contribution in [3.63, 3.8) is 0 Å². The first-order chi connectivity index (χ1) is 15.8. The van der Waals surface area contributed by atoms with Gasteiger partial charge in [-0.2, -0.15) is 0 Å². The predicted molar refractivity (Wildman–Crippen MR) is 143 cm³/mol. The Bertz CT molecular complexity index is 1120. The molecule has 0 unspecified atom stereocenters. The van der Waals surface area contributed by atoms with Crippen molar-refractivity contribution in [1.82, 2.24) is 4.98 Å². The van der Waals surface area contributed by atoms with E-state index in [1.807, 2.05) is 6.20 Å². The fourth-order valence-corrected chi connectivity index (χ4v) is 4.58. The highest BCUT2D eigenvalue weighted by molar-refractivity contribution is 6.35. The summed E-state index contributed by atoms with van der Waals surface area (Å²) in [5.41, 5.74) is 10.5. The molecule has 33 heavy (non-hydrogen) atoms. The molecule has 1 saturated carbocycles. The Morgan fingerprint density at radius 2 is 1.58 bits per heavy atom. The van der Waals surface area contributed by atoms with Crippen LogP contribution in [0.5, 0.6) is 0 Å². The average molecular weight is 460 g/mol. The molecule has 0 amide bonds. The van der Waals surface area contributed by atoms with Gasteiger partial charge >= 0.3 is 0 Å². The fraction of sp³-hybridized carbons (Fsp3) is 0.345. The number of hydrogen-bond acceptors (Lipinski definition) is 3. The first-order valence-electron chi connectivity index (χ1n) is 11.8. The van der Waals surface area contributed by atoms with Crippen LogP contribution in [0.25, 0.3) is 22.3 Å². The predicted octanol–water partition coefficient (Wildman–Crippen LogP) is 8.19. The summed E-state index contributed by atoms with van der Waals surface area (Å²) in [6.45, 7) is 12.6. The lowest BCUT2D eigenvalue weighted by Gasteiger charge is -2.20. The number of pyridine rings is 1. The van der Waals surface area contributed by atoms with Crippen LogP contribution in [-0.2, 0) is 0 Å². The van der Waals surface area contributed by atoms with Crippen LogP contribution in [0.2, 0.25) is 5.02 Å². The summed E-state index contributed by atoms with van der Waals surface area (Å²) in [6, 6.07) is 12.8. The van der Waals surface area contributed by atoms with Crippen molar-refractivity contribution in [3.8, 4) is 22.3 Å². The van der Waals surface area contributed by atoms with Gasteiger partial charge in [-0.15, -0.1) is 0 Å². The first-order valence-corrected chi connectivity index (χ1v) is 12.2. The summed E-state index contributed by atoms with van der Waals surface area (Å²) >= 11 is 6.98. The van der Waals surface area contributed by atoms with Gasteiger partial charge in [-0.3, -0.25) is 0 Å². The van der Waals surface area contributed by atoms with E-state index in [0.29, 0.717) is 0 Å². The number of aromatic nitrogens is 1. The normalized spacial score (nSPS) is 13.0. The van der Waals surface area contributed by atoms with Gasteiger partial charge in [0.15, 0.2) is 0 Å². The lowest BCUT2D eigenvalue weighted by molar-refractivity contribution is 0.883. The third kappa shape index (κ3) is 5.42. The second-order valence-electron chi connectivity index (χ2n) is 9.44. The molecule has 1 aromatic heterocycles. The topological polar surface area (TPSA) is 37.0 Å². The molecule has 0 bridgehead atoms. The van der Waals surface area contributed by atoms with E-state index in [2.05, 4.69) is 92.7 Å². The number of anilines is 2. The summed E-state index contributed by atoms with van der Waals surface area (Å²) in [4.78, 5) is 4.64. The van der Waals surface area contributed by atoms with Gasteiger partial charge in [-0.05, 0) is 105 Å². The van der Waals surface area contributed by atoms with Gasteiger partial charge in [0.2, 0.25) is 0 Å². The maximum Gasteiger partial charge on any atom is 0.125 e. The van der Waals surface area contributed by atoms with E-state index >= 15 is 0 Å². The van der Waals surface area contributed by atoms with Crippen LogP contribution in [0.3, 0.4) is 0 Å². The molecule has 3 aromatic rings. The fourth-order valence-electron chi connectivity index (χ4n) is 4.24. The molecule has 3 nitrogen and oxygen atoms in total. The zero-order valence-corrected chi connectivity index (χ0v) is 21.1. The summed E-state index contributed by atoms with van der Waals surface area (Å²) in [6.07, 6.45) is 6.80. The van der Waals surface area contributed by atoms with Crippen molar-refractivity contribution in [3.05, 3.63) is 76.0 Å². The maximum absolute atomic E-state index is 6.98. The van der Waals surface area contributed by atoms with Gasteiger partial charge in [0, 0.05) is 36.1 Å². The van der Waals surface area contributed by atoms with Gasteiger partial charge in [0.25, 0.3) is 0 Å². The Labute approximate surface area is 203 Å². The number of rotatable bonds is 8. The van der Waals surface area contributed by atoms with E-state index in [1.54, 1.807) is 0 Å². The maximum atomic E-state index is 6.98. The minimum Gasteiger partial charge on any atom is -0.382 e. The number of nitrogens with zero attached hydrogens (tertiary/aromatic N) is 1. The van der Waals surface area contributed by atoms with Crippen LogP contribution in [0.15, 0.2) is 54.2 Å². The average Bonchev–Trinajstić information content (AvgIpc) is 3.63. The van der Waals surface area contributed by atoms with Gasteiger partial charge in [0.1, 0.15) is 5.82 Å². The van der Waals surface area contributed by atoms with E-state index < -0.39 is 0 Å². The summed E-state index contributed by atoms with van der Waals surface area (Å²) < 4.78 is 0. The second kappa shape index (κ2) is 10.0. The van der Waals surface area contributed by atoms with Crippen molar-refractivity contribution >= 4 is 23.1 Å². The van der Waals surface area contributed by atoms with E-state index in [9.17, 15) is 0 Å². The molecule has 2 aromatic carbocycles. The van der Waals surface area contributed by atoms with Crippen molar-refractivity contribution in [2.75, 3.05) is 23.7 Å². The van der Waals surface area contributed by atoms with Crippen LogP contribution in [0, 0.1) is 26.7 Å². The molecule has 1 fully saturated rings. The van der Waals surface area contributed by atoms with Crippen molar-refractivity contribution in [1.29, 1.82) is 0 Å². The number of benzene rings is 2. The Balaban J connectivity index is 1.61. The SMILES string of the molecule is CC(C)=CCNc1ccc(-c2c(C)c(C)c(-c3ccc(NCC4CC4)nc3)c(Cl)c2C)cc1. The number of halogens is 1. The smallest absolute Gasteiger partial charge is 0.125 e. The molecule has 0 atom stereocenters. The molecule has 0 spiro atoms. The van der Waals surface area contributed by atoms with Crippen molar-refractivity contribution in [2.24, 2.45) is 5.92 Å². The third-order valence-corrected chi connectivity index (χ3v) is 7.02. The van der Waals surface area contributed by atoms with Gasteiger partial charge in [-0.25, -0.2) is 4.98 Å². The van der Waals surface area contributed by atoms with Gasteiger partial charge < -0.3 is 10.6 Å². The van der Waals surface area contributed by atoms with E-state index in [4.69, 9.17) is 11.6 Å². The Hall–Kier alpha value is -2.78. The largest absolute Gasteiger partial charge is 0.382 e. The molecule has 4 heteroatoms. The van der Waals surface area contributed by atoms with Crippen LogP contribution < -0.4 is 10.6 Å². The Morgan fingerprint density at radius 1 is 0.909 bits per heavy atom. The summed E-state index contributed by atoms with van der Waals surface area (Å²) in [7, 11) is 0. The molecule has 1 heterocycles. The minimum absolute atomic E-state index is 0.805. The lowest BCUT2D eigenvalue weighted by Crippen LogP contribution is -2.04. The number of hydrogen-bond donors (Lipinski definition) is 2. The summed E-state index contributed by atoms with van der Waals surface area (Å²) in [5.74, 6) is 1.76. The van der Waals surface area contributed by atoms with Crippen LogP contribution in [-0.4, -0.2) is 18.1 Å². The van der Waals surface area contributed by atoms with E-state index in [1.165, 1.54) is 40.7 Å². The van der Waals surface area contributed by atoms with Gasteiger partial charge in [0.05, 0.1) is 5.02 Å². The van der Waals surface area contributed by atoms with Gasteiger partial charge in [-0.1, -0.05) is 35.4 Å². The molecular weight excluding hydrogens is 426 g/mol. The Kier molecular flexibility index (Phi) is 7.09. The quantitative estimate of drug-likeness (QED) is 0.333. The molecule has 1 aliphatic carbocycles. The van der Waals surface area contributed by atoms with E-state index in [-0.39, 0.29) is 0 Å². The zero-order valence-electron chi connectivity index (χ0n) is 20.3. The molecular formula is C29H34ClN3. The molecule has 0 aliphatic heterocycles.